The normalized spacial score (nSPS) is 11.3. The summed E-state index contributed by atoms with van der Waals surface area (Å²) in [6.45, 7) is 0.919. The monoisotopic (exact) mass is 448 g/mol. The SMILES string of the molecule is C=C(C(=O)/C=C\N(N)c1cncc(OC(F)F)c1)c1ccnn1-c1cccc2ncccc12. The number of anilines is 1. The van der Waals surface area contributed by atoms with Crippen molar-refractivity contribution in [3.8, 4) is 11.4 Å². The fourth-order valence-corrected chi connectivity index (χ4v) is 3.17. The Bertz CT molecular complexity index is 1350. The maximum atomic E-state index is 12.8. The number of allylic oxidation sites excluding steroid dienone is 2. The number of carbonyl (C=O) groups excluding carboxylic acids is 1. The van der Waals surface area contributed by atoms with E-state index in [-0.39, 0.29) is 17.0 Å². The van der Waals surface area contributed by atoms with Crippen LogP contribution in [0.3, 0.4) is 0 Å². The smallest absolute Gasteiger partial charge is 0.387 e. The van der Waals surface area contributed by atoms with E-state index in [1.165, 1.54) is 24.5 Å². The first-order chi connectivity index (χ1) is 15.9. The van der Waals surface area contributed by atoms with Crippen LogP contribution in [0, 0.1) is 0 Å². The summed E-state index contributed by atoms with van der Waals surface area (Å²) in [4.78, 5) is 20.9. The highest BCUT2D eigenvalue weighted by molar-refractivity contribution is 6.25. The summed E-state index contributed by atoms with van der Waals surface area (Å²) in [5.74, 6) is 5.33. The summed E-state index contributed by atoms with van der Waals surface area (Å²) in [5.41, 5.74) is 2.47. The Labute approximate surface area is 187 Å². The second-order valence-corrected chi connectivity index (χ2v) is 6.80. The van der Waals surface area contributed by atoms with Gasteiger partial charge in [-0.15, -0.1) is 0 Å². The molecule has 0 saturated carbocycles. The molecule has 0 amide bonds. The highest BCUT2D eigenvalue weighted by atomic mass is 19.3. The van der Waals surface area contributed by atoms with E-state index in [9.17, 15) is 13.6 Å². The van der Waals surface area contributed by atoms with E-state index in [1.807, 2.05) is 30.3 Å². The van der Waals surface area contributed by atoms with Gasteiger partial charge in [-0.25, -0.2) is 10.5 Å². The van der Waals surface area contributed by atoms with Crippen molar-refractivity contribution < 1.29 is 18.3 Å². The number of fused-ring (bicyclic) bond motifs is 1. The molecule has 0 bridgehead atoms. The van der Waals surface area contributed by atoms with Gasteiger partial charge in [0.1, 0.15) is 5.75 Å². The number of rotatable bonds is 8. The average Bonchev–Trinajstić information content (AvgIpc) is 3.31. The van der Waals surface area contributed by atoms with Crippen LogP contribution in [0.2, 0.25) is 0 Å². The molecule has 4 rings (SSSR count). The molecule has 3 aromatic heterocycles. The van der Waals surface area contributed by atoms with E-state index in [1.54, 1.807) is 23.1 Å². The predicted molar refractivity (Wildman–Crippen MR) is 120 cm³/mol. The molecule has 0 aliphatic rings. The summed E-state index contributed by atoms with van der Waals surface area (Å²) in [6, 6.07) is 12.3. The number of hydrazine groups is 1. The van der Waals surface area contributed by atoms with Gasteiger partial charge in [0, 0.05) is 35.5 Å². The number of nitrogens with zero attached hydrogens (tertiary/aromatic N) is 5. The Morgan fingerprint density at radius 2 is 2.03 bits per heavy atom. The summed E-state index contributed by atoms with van der Waals surface area (Å²) >= 11 is 0. The van der Waals surface area contributed by atoms with Crippen LogP contribution in [0.5, 0.6) is 5.75 Å². The minimum Gasteiger partial charge on any atom is -0.433 e. The average molecular weight is 448 g/mol. The number of alkyl halides is 2. The number of pyridine rings is 2. The Morgan fingerprint density at radius 1 is 1.18 bits per heavy atom. The Balaban J connectivity index is 1.55. The Morgan fingerprint density at radius 3 is 2.85 bits per heavy atom. The van der Waals surface area contributed by atoms with Gasteiger partial charge in [0.15, 0.2) is 5.78 Å². The van der Waals surface area contributed by atoms with Crippen molar-refractivity contribution in [1.29, 1.82) is 0 Å². The highest BCUT2D eigenvalue weighted by Gasteiger charge is 2.15. The predicted octanol–water partition coefficient (Wildman–Crippen LogP) is 3.89. The van der Waals surface area contributed by atoms with Gasteiger partial charge in [0.05, 0.1) is 41.2 Å². The van der Waals surface area contributed by atoms with Crippen LogP contribution in [0.15, 0.2) is 86.1 Å². The third-order valence-electron chi connectivity index (χ3n) is 4.71. The second kappa shape index (κ2) is 9.37. The second-order valence-electron chi connectivity index (χ2n) is 6.80. The first kappa shape index (κ1) is 21.8. The maximum Gasteiger partial charge on any atom is 0.387 e. The largest absolute Gasteiger partial charge is 0.433 e. The molecule has 10 heteroatoms. The van der Waals surface area contributed by atoms with E-state index in [0.29, 0.717) is 5.69 Å². The van der Waals surface area contributed by atoms with Gasteiger partial charge in [-0.1, -0.05) is 12.6 Å². The third-order valence-corrected chi connectivity index (χ3v) is 4.71. The van der Waals surface area contributed by atoms with Gasteiger partial charge in [-0.3, -0.25) is 19.8 Å². The van der Waals surface area contributed by atoms with Crippen LogP contribution in [-0.4, -0.2) is 32.1 Å². The molecule has 4 aromatic rings. The number of ether oxygens (including phenoxy) is 1. The number of hydrogen-bond donors (Lipinski definition) is 1. The molecule has 0 aliphatic carbocycles. The van der Waals surface area contributed by atoms with Gasteiger partial charge >= 0.3 is 6.61 Å². The summed E-state index contributed by atoms with van der Waals surface area (Å²) in [6.07, 6.45) is 8.23. The number of aromatic nitrogens is 4. The van der Waals surface area contributed by atoms with Crippen LogP contribution in [0.1, 0.15) is 5.69 Å². The molecule has 2 N–H and O–H groups in total. The van der Waals surface area contributed by atoms with Crippen LogP contribution < -0.4 is 15.6 Å². The van der Waals surface area contributed by atoms with Gasteiger partial charge in [0.25, 0.3) is 0 Å². The van der Waals surface area contributed by atoms with Crippen molar-refractivity contribution in [1.82, 2.24) is 19.7 Å². The molecule has 0 saturated heterocycles. The molecule has 0 spiro atoms. The van der Waals surface area contributed by atoms with E-state index in [2.05, 4.69) is 26.4 Å². The number of nitrogens with two attached hydrogens (primary N) is 1. The Kier molecular flexibility index (Phi) is 6.18. The number of benzene rings is 1. The number of carbonyl (C=O) groups is 1. The molecule has 0 atom stereocenters. The van der Waals surface area contributed by atoms with Crippen LogP contribution in [0.25, 0.3) is 22.2 Å². The van der Waals surface area contributed by atoms with E-state index >= 15 is 0 Å². The molecular formula is C23H18F2N6O2. The van der Waals surface area contributed by atoms with Crippen LogP contribution in [-0.2, 0) is 4.79 Å². The summed E-state index contributed by atoms with van der Waals surface area (Å²) < 4.78 is 30.7. The van der Waals surface area contributed by atoms with Gasteiger partial charge in [0.2, 0.25) is 0 Å². The molecular weight excluding hydrogens is 430 g/mol. The molecule has 8 nitrogen and oxygen atoms in total. The molecule has 0 unspecified atom stereocenters. The van der Waals surface area contributed by atoms with Crippen molar-refractivity contribution in [3.63, 3.8) is 0 Å². The van der Waals surface area contributed by atoms with E-state index in [4.69, 9.17) is 5.84 Å². The molecule has 3 heterocycles. The van der Waals surface area contributed by atoms with E-state index in [0.717, 1.165) is 27.8 Å². The van der Waals surface area contributed by atoms with Crippen LogP contribution >= 0.6 is 0 Å². The van der Waals surface area contributed by atoms with Crippen LogP contribution in [0.4, 0.5) is 14.5 Å². The number of halogens is 2. The van der Waals surface area contributed by atoms with Crippen molar-refractivity contribution >= 4 is 27.9 Å². The van der Waals surface area contributed by atoms with Gasteiger partial charge in [-0.05, 0) is 30.3 Å². The third kappa shape index (κ3) is 4.75. The minimum atomic E-state index is -2.99. The highest BCUT2D eigenvalue weighted by Crippen LogP contribution is 2.25. The summed E-state index contributed by atoms with van der Waals surface area (Å²) in [5, 5.41) is 6.28. The lowest BCUT2D eigenvalue weighted by atomic mass is 10.1. The zero-order valence-corrected chi connectivity index (χ0v) is 17.2. The minimum absolute atomic E-state index is 0.157. The van der Waals surface area contributed by atoms with Crippen molar-refractivity contribution in [3.05, 3.63) is 91.8 Å². The summed E-state index contributed by atoms with van der Waals surface area (Å²) in [7, 11) is 0. The lowest BCUT2D eigenvalue weighted by Gasteiger charge is -2.14. The molecule has 166 valence electrons. The van der Waals surface area contributed by atoms with E-state index < -0.39 is 12.4 Å². The lowest BCUT2D eigenvalue weighted by molar-refractivity contribution is -0.109. The molecule has 1 aromatic carbocycles. The molecule has 0 aliphatic heterocycles. The topological polar surface area (TPSA) is 99.2 Å². The lowest BCUT2D eigenvalue weighted by Crippen LogP contribution is -2.24. The van der Waals surface area contributed by atoms with Crippen molar-refractivity contribution in [2.45, 2.75) is 6.61 Å². The fourth-order valence-electron chi connectivity index (χ4n) is 3.17. The van der Waals surface area contributed by atoms with Crippen molar-refractivity contribution in [2.24, 2.45) is 5.84 Å². The standard InChI is InChI=1S/C23H18F2N6O2/c1-15(22(32)8-11-30(26)16-12-17(14-27-13-16)33-23(24)25)20-7-10-29-31(20)21-6-2-5-19-18(21)4-3-9-28-19/h2-14,23H,1,26H2/b11-8-. The molecule has 33 heavy (non-hydrogen) atoms. The quantitative estimate of drug-likeness (QED) is 0.248. The number of hydrogen-bond acceptors (Lipinski definition) is 7. The zero-order chi connectivity index (χ0) is 23.4. The molecule has 0 fully saturated rings. The Hall–Kier alpha value is -4.44. The van der Waals surface area contributed by atoms with Gasteiger partial charge < -0.3 is 4.74 Å². The van der Waals surface area contributed by atoms with Gasteiger partial charge in [-0.2, -0.15) is 13.9 Å². The first-order valence-corrected chi connectivity index (χ1v) is 9.68. The van der Waals surface area contributed by atoms with Crippen molar-refractivity contribution in [2.75, 3.05) is 5.01 Å². The zero-order valence-electron chi connectivity index (χ0n) is 17.2. The number of ketones is 1. The fraction of sp³-hybridized carbons (Fsp3) is 0.0435. The maximum absolute atomic E-state index is 12.8. The first-order valence-electron chi connectivity index (χ1n) is 9.68. The molecule has 0 radical (unpaired) electrons.